The van der Waals surface area contributed by atoms with E-state index in [1.807, 2.05) is 48.5 Å². The van der Waals surface area contributed by atoms with Crippen molar-refractivity contribution >= 4 is 17.6 Å². The number of methoxy groups -OCH3 is 1. The molecule has 2 atom stereocenters. The molecule has 1 amide bonds. The summed E-state index contributed by atoms with van der Waals surface area (Å²) < 4.78 is 10.7. The Bertz CT molecular complexity index is 1100. The maximum absolute atomic E-state index is 13.2. The Kier molecular flexibility index (Phi) is 8.45. The highest BCUT2D eigenvalue weighted by Crippen LogP contribution is 2.19. The van der Waals surface area contributed by atoms with E-state index in [1.54, 1.807) is 43.5 Å². The van der Waals surface area contributed by atoms with Gasteiger partial charge in [-0.1, -0.05) is 65.8 Å². The third-order valence-corrected chi connectivity index (χ3v) is 4.90. The molecule has 0 fully saturated rings. The number of hydrogen-bond acceptors (Lipinski definition) is 5. The van der Waals surface area contributed by atoms with Gasteiger partial charge in [-0.2, -0.15) is 0 Å². The van der Waals surface area contributed by atoms with Crippen LogP contribution < -0.4 is 10.1 Å². The zero-order valence-electron chi connectivity index (χ0n) is 18.1. The van der Waals surface area contributed by atoms with Crippen molar-refractivity contribution in [1.29, 1.82) is 0 Å². The van der Waals surface area contributed by atoms with Crippen LogP contribution in [-0.4, -0.2) is 31.1 Å². The summed E-state index contributed by atoms with van der Waals surface area (Å²) in [5.41, 5.74) is 11.2. The highest BCUT2D eigenvalue weighted by molar-refractivity contribution is 5.96. The van der Waals surface area contributed by atoms with E-state index in [1.165, 1.54) is 0 Å². The molecule has 0 aliphatic heterocycles. The van der Waals surface area contributed by atoms with E-state index in [9.17, 15) is 9.59 Å². The van der Waals surface area contributed by atoms with Gasteiger partial charge >= 0.3 is 5.97 Å². The number of nitrogens with one attached hydrogen (secondary N) is 1. The third-order valence-electron chi connectivity index (χ3n) is 4.90. The van der Waals surface area contributed by atoms with Gasteiger partial charge in [0.2, 0.25) is 0 Å². The molecule has 0 aliphatic carbocycles. The minimum Gasteiger partial charge on any atom is -0.497 e. The van der Waals surface area contributed by atoms with Gasteiger partial charge in [0.1, 0.15) is 5.75 Å². The summed E-state index contributed by atoms with van der Waals surface area (Å²) >= 11 is 0. The van der Waals surface area contributed by atoms with Crippen molar-refractivity contribution in [3.8, 4) is 5.75 Å². The van der Waals surface area contributed by atoms with E-state index in [2.05, 4.69) is 15.3 Å². The number of hydrogen-bond donors (Lipinski definition) is 1. The van der Waals surface area contributed by atoms with Crippen molar-refractivity contribution in [2.45, 2.75) is 25.0 Å². The first kappa shape index (κ1) is 23.4. The number of rotatable bonds is 10. The molecule has 0 saturated carbocycles. The van der Waals surface area contributed by atoms with Crippen LogP contribution in [0.25, 0.3) is 10.4 Å². The van der Waals surface area contributed by atoms with Gasteiger partial charge in [-0.25, -0.2) is 0 Å². The molecule has 33 heavy (non-hydrogen) atoms. The van der Waals surface area contributed by atoms with Crippen LogP contribution in [0.5, 0.6) is 5.75 Å². The smallest absolute Gasteiger partial charge is 0.311 e. The molecule has 3 rings (SSSR count). The normalized spacial score (nSPS) is 12.0. The lowest BCUT2D eigenvalue weighted by Gasteiger charge is -2.23. The second-order valence-corrected chi connectivity index (χ2v) is 7.25. The molecule has 168 valence electrons. The van der Waals surface area contributed by atoms with Crippen molar-refractivity contribution in [1.82, 2.24) is 0 Å². The Morgan fingerprint density at radius 2 is 1.55 bits per heavy atom. The fraction of sp³-hybridized carbons (Fsp3) is 0.200. The first-order valence-corrected chi connectivity index (χ1v) is 10.4. The van der Waals surface area contributed by atoms with E-state index < -0.39 is 24.0 Å². The van der Waals surface area contributed by atoms with Gasteiger partial charge in [0.05, 0.1) is 19.6 Å². The van der Waals surface area contributed by atoms with E-state index in [4.69, 9.17) is 15.0 Å². The standard InChI is InChI=1S/C25H24N4O4/c1-32-21-14-12-20(13-15-21)27-25(31)24(33-23(30)17-19-10-6-3-7-11-19)22(28-29-26)16-18-8-4-2-5-9-18/h2-15,22,24H,16-17H2,1H3,(H,27,31)/t22-,24?/m0/s1. The first-order valence-electron chi connectivity index (χ1n) is 10.4. The maximum Gasteiger partial charge on any atom is 0.311 e. The predicted octanol–water partition coefficient (Wildman–Crippen LogP) is 4.71. The SMILES string of the molecule is COc1ccc(NC(=O)C(OC(=O)Cc2ccccc2)[C@H](Cc2ccccc2)N=[N+]=[N-])cc1. The number of ether oxygens (including phenoxy) is 2. The van der Waals surface area contributed by atoms with E-state index in [0.29, 0.717) is 11.4 Å². The van der Waals surface area contributed by atoms with Crippen LogP contribution >= 0.6 is 0 Å². The summed E-state index contributed by atoms with van der Waals surface area (Å²) in [6, 6.07) is 24.1. The lowest BCUT2D eigenvalue weighted by atomic mass is 10.0. The van der Waals surface area contributed by atoms with Gasteiger partial charge in [-0.3, -0.25) is 9.59 Å². The monoisotopic (exact) mass is 444 g/mol. The molecular formula is C25H24N4O4. The molecule has 0 radical (unpaired) electrons. The number of anilines is 1. The molecule has 0 aromatic heterocycles. The van der Waals surface area contributed by atoms with Gasteiger partial charge < -0.3 is 14.8 Å². The number of carbonyl (C=O) groups is 2. The van der Waals surface area contributed by atoms with Crippen LogP contribution in [0.3, 0.4) is 0 Å². The second-order valence-electron chi connectivity index (χ2n) is 7.25. The quantitative estimate of drug-likeness (QED) is 0.211. The molecule has 0 bridgehead atoms. The van der Waals surface area contributed by atoms with Crippen LogP contribution in [-0.2, 0) is 27.2 Å². The zero-order chi connectivity index (χ0) is 23.5. The number of azide groups is 1. The molecule has 0 aliphatic rings. The summed E-state index contributed by atoms with van der Waals surface area (Å²) in [4.78, 5) is 28.7. The van der Waals surface area contributed by atoms with E-state index in [-0.39, 0.29) is 12.8 Å². The van der Waals surface area contributed by atoms with Crippen LogP contribution in [0.1, 0.15) is 11.1 Å². The summed E-state index contributed by atoms with van der Waals surface area (Å²) in [5, 5.41) is 6.52. The van der Waals surface area contributed by atoms with Crippen LogP contribution in [0, 0.1) is 0 Å². The Morgan fingerprint density at radius 3 is 2.12 bits per heavy atom. The Balaban J connectivity index is 1.83. The molecule has 1 N–H and O–H groups in total. The summed E-state index contributed by atoms with van der Waals surface area (Å²) in [7, 11) is 1.55. The van der Waals surface area contributed by atoms with E-state index >= 15 is 0 Å². The minimum absolute atomic E-state index is 0.0124. The highest BCUT2D eigenvalue weighted by atomic mass is 16.5. The fourth-order valence-electron chi connectivity index (χ4n) is 3.27. The van der Waals surface area contributed by atoms with Gasteiger partial charge in [0.25, 0.3) is 5.91 Å². The van der Waals surface area contributed by atoms with Crippen molar-refractivity contribution in [2.24, 2.45) is 5.11 Å². The Labute approximate surface area is 191 Å². The molecule has 3 aromatic carbocycles. The highest BCUT2D eigenvalue weighted by Gasteiger charge is 2.32. The number of benzene rings is 3. The summed E-state index contributed by atoms with van der Waals surface area (Å²) in [6.45, 7) is 0. The average Bonchev–Trinajstić information content (AvgIpc) is 2.84. The Morgan fingerprint density at radius 1 is 0.939 bits per heavy atom. The molecule has 0 saturated heterocycles. The number of amides is 1. The van der Waals surface area contributed by atoms with Crippen molar-refractivity contribution in [2.75, 3.05) is 12.4 Å². The summed E-state index contributed by atoms with van der Waals surface area (Å²) in [6.07, 6.45) is -1.11. The molecular weight excluding hydrogens is 420 g/mol. The summed E-state index contributed by atoms with van der Waals surface area (Å²) in [5.74, 6) is -0.549. The van der Waals surface area contributed by atoms with Gasteiger partial charge in [0.15, 0.2) is 6.10 Å². The molecule has 3 aromatic rings. The molecule has 1 unspecified atom stereocenters. The second kappa shape index (κ2) is 11.9. The third kappa shape index (κ3) is 7.12. The van der Waals surface area contributed by atoms with Crippen LogP contribution in [0.4, 0.5) is 5.69 Å². The van der Waals surface area contributed by atoms with Crippen molar-refractivity contribution < 1.29 is 19.1 Å². The Hall–Kier alpha value is -4.29. The van der Waals surface area contributed by atoms with Gasteiger partial charge in [-0.05, 0) is 47.3 Å². The number of nitrogens with zero attached hydrogens (tertiary/aromatic N) is 3. The molecule has 0 heterocycles. The van der Waals surface area contributed by atoms with Crippen molar-refractivity contribution in [3.05, 3.63) is 106 Å². The van der Waals surface area contributed by atoms with Gasteiger partial charge in [0, 0.05) is 10.6 Å². The fourth-order valence-corrected chi connectivity index (χ4v) is 3.27. The first-order chi connectivity index (χ1) is 16.1. The zero-order valence-corrected chi connectivity index (χ0v) is 18.1. The molecule has 0 spiro atoms. The lowest BCUT2D eigenvalue weighted by Crippen LogP contribution is -2.42. The maximum atomic E-state index is 13.2. The lowest BCUT2D eigenvalue weighted by molar-refractivity contribution is -0.154. The molecule has 8 nitrogen and oxygen atoms in total. The van der Waals surface area contributed by atoms with Crippen LogP contribution in [0.15, 0.2) is 90.0 Å². The molecule has 8 heteroatoms. The van der Waals surface area contributed by atoms with Gasteiger partial charge in [-0.15, -0.1) is 0 Å². The largest absolute Gasteiger partial charge is 0.497 e. The number of carbonyl (C=O) groups excluding carboxylic acids is 2. The van der Waals surface area contributed by atoms with E-state index in [0.717, 1.165) is 11.1 Å². The predicted molar refractivity (Wildman–Crippen MR) is 125 cm³/mol. The topological polar surface area (TPSA) is 113 Å². The minimum atomic E-state index is -1.32. The van der Waals surface area contributed by atoms with Crippen molar-refractivity contribution in [3.63, 3.8) is 0 Å². The van der Waals surface area contributed by atoms with Crippen LogP contribution in [0.2, 0.25) is 0 Å². The number of esters is 1. The average molecular weight is 444 g/mol.